The van der Waals surface area contributed by atoms with Crippen LogP contribution in [-0.4, -0.2) is 12.1 Å². The highest BCUT2D eigenvalue weighted by Gasteiger charge is 2.51. The maximum Gasteiger partial charge on any atom is 0.240 e. The van der Waals surface area contributed by atoms with E-state index in [1.165, 1.54) is 0 Å². The first-order valence-corrected chi connectivity index (χ1v) is 6.83. The number of nitrogens with zero attached hydrogens (tertiary/aromatic N) is 3. The van der Waals surface area contributed by atoms with Gasteiger partial charge in [-0.25, -0.2) is 0 Å². The van der Waals surface area contributed by atoms with Crippen molar-refractivity contribution < 1.29 is 4.84 Å². The summed E-state index contributed by atoms with van der Waals surface area (Å²) in [6.45, 7) is 0. The standard InChI is InChI=1S/C18H13N3O/c1-21-18(14-8-4-2-5-9-14,15-10-6-3-7-11-15)16(12-19)17(13-20)22-21/h2-11H,1H3. The molecule has 0 atom stereocenters. The Kier molecular flexibility index (Phi) is 3.39. The molecule has 3 rings (SSSR count). The highest BCUT2D eigenvalue weighted by molar-refractivity contribution is 5.56. The maximum atomic E-state index is 9.68. The van der Waals surface area contributed by atoms with Crippen LogP contribution in [0, 0.1) is 22.7 Å². The van der Waals surface area contributed by atoms with Crippen molar-refractivity contribution in [1.29, 1.82) is 10.5 Å². The van der Waals surface area contributed by atoms with Gasteiger partial charge in [-0.05, 0) is 11.1 Å². The lowest BCUT2D eigenvalue weighted by atomic mass is 9.77. The smallest absolute Gasteiger partial charge is 0.240 e. The molecule has 22 heavy (non-hydrogen) atoms. The van der Waals surface area contributed by atoms with Gasteiger partial charge in [0.15, 0.2) is 0 Å². The predicted octanol–water partition coefficient (Wildman–Crippen LogP) is 3.11. The van der Waals surface area contributed by atoms with Gasteiger partial charge in [-0.3, -0.25) is 0 Å². The summed E-state index contributed by atoms with van der Waals surface area (Å²) in [5.74, 6) is 0.0395. The van der Waals surface area contributed by atoms with E-state index in [2.05, 4.69) is 6.07 Å². The molecule has 0 saturated carbocycles. The molecule has 1 aliphatic rings. The summed E-state index contributed by atoms with van der Waals surface area (Å²) >= 11 is 0. The van der Waals surface area contributed by atoms with Gasteiger partial charge >= 0.3 is 0 Å². The summed E-state index contributed by atoms with van der Waals surface area (Å²) in [7, 11) is 1.74. The van der Waals surface area contributed by atoms with Crippen LogP contribution in [0.3, 0.4) is 0 Å². The van der Waals surface area contributed by atoms with Gasteiger partial charge in [0, 0.05) is 7.05 Å². The minimum atomic E-state index is -0.914. The Balaban J connectivity index is 2.38. The van der Waals surface area contributed by atoms with Crippen LogP contribution in [0.15, 0.2) is 72.0 Å². The molecule has 106 valence electrons. The molecule has 0 aliphatic carbocycles. The third-order valence-corrected chi connectivity index (χ3v) is 3.89. The zero-order chi connectivity index (χ0) is 15.6. The summed E-state index contributed by atoms with van der Waals surface area (Å²) in [4.78, 5) is 5.57. The first kappa shape index (κ1) is 13.9. The van der Waals surface area contributed by atoms with Crippen molar-refractivity contribution >= 4 is 0 Å². The zero-order valence-electron chi connectivity index (χ0n) is 12.0. The van der Waals surface area contributed by atoms with Gasteiger partial charge in [0.25, 0.3) is 0 Å². The highest BCUT2D eigenvalue weighted by Crippen LogP contribution is 2.47. The van der Waals surface area contributed by atoms with Crippen LogP contribution in [-0.2, 0) is 10.4 Å². The van der Waals surface area contributed by atoms with Crippen molar-refractivity contribution in [3.63, 3.8) is 0 Å². The molecule has 0 aromatic heterocycles. The van der Waals surface area contributed by atoms with Gasteiger partial charge in [-0.2, -0.15) is 10.5 Å². The van der Waals surface area contributed by atoms with Crippen molar-refractivity contribution in [3.8, 4) is 12.1 Å². The van der Waals surface area contributed by atoms with E-state index >= 15 is 0 Å². The van der Waals surface area contributed by atoms with Gasteiger partial charge in [0.05, 0.1) is 0 Å². The SMILES string of the molecule is CN1OC(C#N)=C(C#N)C1(c1ccccc1)c1ccccc1. The second kappa shape index (κ2) is 5.37. The van der Waals surface area contributed by atoms with Crippen molar-refractivity contribution in [2.45, 2.75) is 5.54 Å². The quantitative estimate of drug-likeness (QED) is 0.851. The average molecular weight is 287 g/mol. The van der Waals surface area contributed by atoms with Gasteiger partial charge in [0.1, 0.15) is 23.3 Å². The molecule has 0 unspecified atom stereocenters. The number of benzene rings is 2. The van der Waals surface area contributed by atoms with Crippen LogP contribution in [0.25, 0.3) is 0 Å². The summed E-state index contributed by atoms with van der Waals surface area (Å²) in [6.07, 6.45) is 0. The summed E-state index contributed by atoms with van der Waals surface area (Å²) in [5, 5.41) is 20.6. The van der Waals surface area contributed by atoms with Crippen LogP contribution in [0.2, 0.25) is 0 Å². The molecule has 0 N–H and O–H groups in total. The number of rotatable bonds is 2. The van der Waals surface area contributed by atoms with Gasteiger partial charge in [-0.1, -0.05) is 60.7 Å². The van der Waals surface area contributed by atoms with Gasteiger partial charge in [0.2, 0.25) is 5.76 Å². The van der Waals surface area contributed by atoms with Crippen molar-refractivity contribution in [2.75, 3.05) is 7.05 Å². The molecule has 2 aromatic carbocycles. The van der Waals surface area contributed by atoms with Gasteiger partial charge in [-0.15, -0.1) is 5.06 Å². The summed E-state index contributed by atoms with van der Waals surface area (Å²) < 4.78 is 0. The molecule has 0 spiro atoms. The molecule has 0 amide bonds. The van der Waals surface area contributed by atoms with Crippen LogP contribution < -0.4 is 0 Å². The fraction of sp³-hybridized carbons (Fsp3) is 0.111. The number of hydroxylamine groups is 2. The Hall–Kier alpha value is -3.08. The van der Waals surface area contributed by atoms with Crippen molar-refractivity contribution in [1.82, 2.24) is 5.06 Å². The Bertz CT molecular complexity index is 758. The molecule has 2 aromatic rings. The Morgan fingerprint density at radius 3 is 1.77 bits per heavy atom. The van der Waals surface area contributed by atoms with Crippen molar-refractivity contribution in [2.24, 2.45) is 0 Å². The molecule has 1 aliphatic heterocycles. The Labute approximate surface area is 129 Å². The molecule has 0 fully saturated rings. The normalized spacial score (nSPS) is 16.7. The molecular formula is C18H13N3O. The first-order valence-electron chi connectivity index (χ1n) is 6.83. The van der Waals surface area contributed by atoms with Crippen LogP contribution >= 0.6 is 0 Å². The number of hydrogen-bond donors (Lipinski definition) is 0. The fourth-order valence-electron chi connectivity index (χ4n) is 2.96. The Morgan fingerprint density at radius 1 is 0.864 bits per heavy atom. The number of likely N-dealkylation sites (N-methyl/N-ethyl adjacent to an activating group) is 1. The fourth-order valence-corrected chi connectivity index (χ4v) is 2.96. The largest absolute Gasteiger partial charge is 0.392 e. The molecule has 1 heterocycles. The Morgan fingerprint density at radius 2 is 1.36 bits per heavy atom. The van der Waals surface area contributed by atoms with E-state index in [9.17, 15) is 10.5 Å². The van der Waals surface area contributed by atoms with E-state index in [1.54, 1.807) is 12.1 Å². The molecule has 4 heteroatoms. The molecule has 0 radical (unpaired) electrons. The maximum absolute atomic E-state index is 9.68. The monoisotopic (exact) mass is 287 g/mol. The lowest BCUT2D eigenvalue weighted by Gasteiger charge is -2.35. The van der Waals surface area contributed by atoms with Crippen molar-refractivity contribution in [3.05, 3.63) is 83.1 Å². The topological polar surface area (TPSA) is 60.0 Å². The van der Waals surface area contributed by atoms with Gasteiger partial charge < -0.3 is 4.84 Å². The second-order valence-electron chi connectivity index (χ2n) is 4.96. The second-order valence-corrected chi connectivity index (χ2v) is 4.96. The summed E-state index contributed by atoms with van der Waals surface area (Å²) in [5.41, 5.74) is 1.15. The number of nitriles is 2. The summed E-state index contributed by atoms with van der Waals surface area (Å²) in [6, 6.07) is 23.4. The van der Waals surface area contributed by atoms with E-state index < -0.39 is 5.54 Å². The van der Waals surface area contributed by atoms with Crippen LogP contribution in [0.4, 0.5) is 0 Å². The molecule has 0 bridgehead atoms. The minimum absolute atomic E-state index is 0.0395. The molecule has 0 saturated heterocycles. The first-order chi connectivity index (χ1) is 10.7. The third-order valence-electron chi connectivity index (χ3n) is 3.89. The lowest BCUT2D eigenvalue weighted by molar-refractivity contribution is -0.117. The average Bonchev–Trinajstić information content (AvgIpc) is 2.88. The van der Waals surface area contributed by atoms with Crippen LogP contribution in [0.5, 0.6) is 0 Å². The highest BCUT2D eigenvalue weighted by atomic mass is 16.7. The van der Waals surface area contributed by atoms with E-state index in [1.807, 2.05) is 66.7 Å². The number of allylic oxidation sites excluding steroid dienone is 1. The third kappa shape index (κ3) is 1.79. The molecule has 4 nitrogen and oxygen atoms in total. The van der Waals surface area contributed by atoms with E-state index in [0.717, 1.165) is 11.1 Å². The lowest BCUT2D eigenvalue weighted by Crippen LogP contribution is -2.41. The minimum Gasteiger partial charge on any atom is -0.392 e. The molecular weight excluding hydrogens is 274 g/mol. The van der Waals surface area contributed by atoms with E-state index in [4.69, 9.17) is 4.84 Å². The zero-order valence-corrected chi connectivity index (χ0v) is 12.0. The van der Waals surface area contributed by atoms with E-state index in [0.29, 0.717) is 5.57 Å². The predicted molar refractivity (Wildman–Crippen MR) is 80.8 cm³/mol. The number of hydrogen-bond acceptors (Lipinski definition) is 4. The van der Waals surface area contributed by atoms with E-state index in [-0.39, 0.29) is 5.76 Å². The van der Waals surface area contributed by atoms with Crippen LogP contribution in [0.1, 0.15) is 11.1 Å².